The Balaban J connectivity index is 1.15. The van der Waals surface area contributed by atoms with E-state index in [1.54, 1.807) is 30.3 Å². The minimum Gasteiger partial charge on any atom is -0.478 e. The zero-order valence-electron chi connectivity index (χ0n) is 24.8. The molecule has 0 spiro atoms. The average Bonchev–Trinajstić information content (AvgIpc) is 3.80. The SMILES string of the molecule is CNC(=O)c1c(-c2ccc(F)cc2)oc2cc(CS(=O)(=O)NCCOCCOCCc3ccc(C(=O)O)cc3)c(C3CC3)cc12. The molecule has 1 aliphatic carbocycles. The molecule has 238 valence electrons. The van der Waals surface area contributed by atoms with Gasteiger partial charge >= 0.3 is 5.97 Å². The number of hydrogen-bond acceptors (Lipinski definition) is 7. The highest BCUT2D eigenvalue weighted by Crippen LogP contribution is 2.45. The molecule has 1 fully saturated rings. The molecule has 12 heteroatoms. The van der Waals surface area contributed by atoms with Crippen LogP contribution in [0.1, 0.15) is 56.2 Å². The van der Waals surface area contributed by atoms with E-state index < -0.39 is 21.8 Å². The molecule has 0 bridgehead atoms. The Morgan fingerprint density at radius 3 is 2.31 bits per heavy atom. The van der Waals surface area contributed by atoms with E-state index >= 15 is 0 Å². The number of aromatic carboxylic acids is 1. The van der Waals surface area contributed by atoms with Crippen LogP contribution in [0.15, 0.2) is 65.1 Å². The minimum absolute atomic E-state index is 0.0928. The Kier molecular flexibility index (Phi) is 10.3. The van der Waals surface area contributed by atoms with E-state index in [4.69, 9.17) is 19.0 Å². The largest absolute Gasteiger partial charge is 0.478 e. The van der Waals surface area contributed by atoms with Crippen molar-refractivity contribution in [3.63, 3.8) is 0 Å². The third-order valence-corrected chi connectivity index (χ3v) is 8.88. The fourth-order valence-electron chi connectivity index (χ4n) is 5.11. The van der Waals surface area contributed by atoms with Gasteiger partial charge in [0.1, 0.15) is 17.2 Å². The third kappa shape index (κ3) is 8.34. The molecule has 45 heavy (non-hydrogen) atoms. The van der Waals surface area contributed by atoms with Gasteiger partial charge in [0.25, 0.3) is 5.91 Å². The summed E-state index contributed by atoms with van der Waals surface area (Å²) in [6.45, 7) is 1.34. The fourth-order valence-corrected chi connectivity index (χ4v) is 6.26. The number of carbonyl (C=O) groups is 2. The molecule has 3 N–H and O–H groups in total. The summed E-state index contributed by atoms with van der Waals surface area (Å²) in [7, 11) is -2.19. The van der Waals surface area contributed by atoms with Crippen LogP contribution in [0.2, 0.25) is 0 Å². The lowest BCUT2D eigenvalue weighted by Gasteiger charge is -2.12. The number of benzene rings is 3. The second-order valence-corrected chi connectivity index (χ2v) is 12.7. The van der Waals surface area contributed by atoms with Gasteiger partial charge in [0.05, 0.1) is 43.3 Å². The van der Waals surface area contributed by atoms with Crippen LogP contribution < -0.4 is 10.0 Å². The smallest absolute Gasteiger partial charge is 0.335 e. The van der Waals surface area contributed by atoms with Crippen molar-refractivity contribution >= 4 is 32.9 Å². The molecule has 0 unspecified atom stereocenters. The average molecular weight is 639 g/mol. The quantitative estimate of drug-likeness (QED) is 0.148. The molecule has 0 atom stereocenters. The number of carbonyl (C=O) groups excluding carboxylic acids is 1. The number of rotatable bonds is 16. The minimum atomic E-state index is -3.71. The number of carboxylic acid groups (broad SMARTS) is 1. The topological polar surface area (TPSA) is 144 Å². The predicted molar refractivity (Wildman–Crippen MR) is 166 cm³/mol. The van der Waals surface area contributed by atoms with Crippen molar-refractivity contribution in [2.45, 2.75) is 30.9 Å². The highest BCUT2D eigenvalue weighted by molar-refractivity contribution is 7.88. The number of carboxylic acids is 1. The molecule has 1 aliphatic rings. The van der Waals surface area contributed by atoms with E-state index in [9.17, 15) is 22.4 Å². The molecule has 10 nitrogen and oxygen atoms in total. The number of furan rings is 1. The van der Waals surface area contributed by atoms with Crippen molar-refractivity contribution in [2.75, 3.05) is 40.0 Å². The summed E-state index contributed by atoms with van der Waals surface area (Å²) in [5.74, 6) is -1.49. The molecule has 4 aromatic rings. The first-order valence-electron chi connectivity index (χ1n) is 14.7. The number of nitrogens with one attached hydrogen (secondary N) is 2. The second kappa shape index (κ2) is 14.3. The van der Waals surface area contributed by atoms with Crippen molar-refractivity contribution in [1.29, 1.82) is 0 Å². The second-order valence-electron chi connectivity index (χ2n) is 10.8. The molecule has 1 heterocycles. The van der Waals surface area contributed by atoms with Gasteiger partial charge < -0.3 is 24.3 Å². The first-order valence-corrected chi connectivity index (χ1v) is 16.3. The maximum absolute atomic E-state index is 13.6. The van der Waals surface area contributed by atoms with Gasteiger partial charge in [-0.1, -0.05) is 12.1 Å². The van der Waals surface area contributed by atoms with Crippen LogP contribution in [0.3, 0.4) is 0 Å². The lowest BCUT2D eigenvalue weighted by Crippen LogP contribution is -2.29. The zero-order valence-corrected chi connectivity index (χ0v) is 25.6. The summed E-state index contributed by atoms with van der Waals surface area (Å²) in [5.41, 5.74) is 3.91. The van der Waals surface area contributed by atoms with Crippen molar-refractivity contribution in [2.24, 2.45) is 0 Å². The van der Waals surface area contributed by atoms with Crippen LogP contribution in [-0.2, 0) is 31.7 Å². The Hall–Kier alpha value is -4.10. The highest BCUT2D eigenvalue weighted by Gasteiger charge is 2.31. The molecule has 3 aromatic carbocycles. The number of sulfonamides is 1. The normalized spacial score (nSPS) is 13.3. The van der Waals surface area contributed by atoms with Gasteiger partial charge in [0.2, 0.25) is 10.0 Å². The first kappa shape index (κ1) is 32.3. The number of amides is 1. The summed E-state index contributed by atoms with van der Waals surface area (Å²) < 4.78 is 59.4. The Bertz CT molecular complexity index is 1770. The summed E-state index contributed by atoms with van der Waals surface area (Å²) in [6.07, 6.45) is 2.49. The van der Waals surface area contributed by atoms with Crippen LogP contribution >= 0.6 is 0 Å². The van der Waals surface area contributed by atoms with Crippen molar-refractivity contribution in [3.8, 4) is 11.3 Å². The van der Waals surface area contributed by atoms with E-state index in [2.05, 4.69) is 10.0 Å². The zero-order chi connectivity index (χ0) is 32.0. The van der Waals surface area contributed by atoms with Crippen molar-refractivity contribution in [1.82, 2.24) is 10.0 Å². The maximum Gasteiger partial charge on any atom is 0.335 e. The number of halogens is 1. The van der Waals surface area contributed by atoms with Crippen molar-refractivity contribution in [3.05, 3.63) is 94.3 Å². The van der Waals surface area contributed by atoms with Gasteiger partial charge in [0.15, 0.2) is 0 Å². The lowest BCUT2D eigenvalue weighted by atomic mass is 9.98. The molecular weight excluding hydrogens is 603 g/mol. The van der Waals surface area contributed by atoms with Crippen LogP contribution in [0.25, 0.3) is 22.3 Å². The first-order chi connectivity index (χ1) is 21.6. The Morgan fingerprint density at radius 2 is 1.67 bits per heavy atom. The monoisotopic (exact) mass is 638 g/mol. The van der Waals surface area contributed by atoms with Gasteiger partial charge in [-0.15, -0.1) is 0 Å². The van der Waals surface area contributed by atoms with Gasteiger partial charge in [-0.3, -0.25) is 4.79 Å². The molecule has 0 saturated heterocycles. The molecule has 1 saturated carbocycles. The van der Waals surface area contributed by atoms with Crippen LogP contribution in [0.4, 0.5) is 4.39 Å². The Morgan fingerprint density at radius 1 is 0.978 bits per heavy atom. The standard InChI is InChI=1S/C33H35FN2O8S/c1-35-32(37)30-28-19-27(22-6-7-22)25(18-29(28)44-31(30)23-8-10-26(34)11-9-23)20-45(40,41)36-13-15-43-17-16-42-14-12-21-2-4-24(5-3-21)33(38)39/h2-5,8-11,18-19,22,36H,6-7,12-17,20H2,1H3,(H,35,37)(H,38,39). The van der Waals surface area contributed by atoms with Gasteiger partial charge in [-0.05, 0) is 90.4 Å². The van der Waals surface area contributed by atoms with Gasteiger partial charge in [0, 0.05) is 24.5 Å². The van der Waals surface area contributed by atoms with E-state index in [0.29, 0.717) is 59.7 Å². The highest BCUT2D eigenvalue weighted by atomic mass is 32.2. The van der Waals surface area contributed by atoms with Crippen LogP contribution in [0, 0.1) is 5.82 Å². The summed E-state index contributed by atoms with van der Waals surface area (Å²) >= 11 is 0. The Labute approximate surface area is 260 Å². The molecule has 0 radical (unpaired) electrons. The van der Waals surface area contributed by atoms with E-state index in [1.165, 1.54) is 31.3 Å². The molecule has 5 rings (SSSR count). The summed E-state index contributed by atoms with van der Waals surface area (Å²) in [5, 5.41) is 12.2. The number of ether oxygens (including phenoxy) is 2. The maximum atomic E-state index is 13.6. The molecule has 1 aromatic heterocycles. The van der Waals surface area contributed by atoms with Crippen molar-refractivity contribution < 1.29 is 41.4 Å². The number of hydrogen-bond donors (Lipinski definition) is 3. The van der Waals surface area contributed by atoms with Gasteiger partial charge in [-0.2, -0.15) is 0 Å². The van der Waals surface area contributed by atoms with E-state index in [0.717, 1.165) is 24.0 Å². The third-order valence-electron chi connectivity index (χ3n) is 7.55. The lowest BCUT2D eigenvalue weighted by molar-refractivity contribution is 0.0512. The molecular formula is C33H35FN2O8S. The van der Waals surface area contributed by atoms with E-state index in [1.807, 2.05) is 6.07 Å². The predicted octanol–water partition coefficient (Wildman–Crippen LogP) is 4.87. The summed E-state index contributed by atoms with van der Waals surface area (Å²) in [4.78, 5) is 23.8. The van der Waals surface area contributed by atoms with Crippen LogP contribution in [-0.4, -0.2) is 65.4 Å². The number of fused-ring (bicyclic) bond motifs is 1. The summed E-state index contributed by atoms with van der Waals surface area (Å²) in [6, 6.07) is 15.8. The molecule has 0 aliphatic heterocycles. The van der Waals surface area contributed by atoms with E-state index in [-0.39, 0.29) is 36.3 Å². The fraction of sp³-hybridized carbons (Fsp3) is 0.333. The van der Waals surface area contributed by atoms with Crippen LogP contribution in [0.5, 0.6) is 0 Å². The van der Waals surface area contributed by atoms with Gasteiger partial charge in [-0.25, -0.2) is 22.3 Å². The molecule has 1 amide bonds.